The number of hydrogen-bond acceptors (Lipinski definition) is 5. The molecule has 0 aromatic heterocycles. The molecular weight excluding hydrogens is 262 g/mol. The molecule has 0 spiro atoms. The van der Waals surface area contributed by atoms with Crippen LogP contribution >= 0.6 is 0 Å². The van der Waals surface area contributed by atoms with E-state index in [4.69, 9.17) is 9.47 Å². The molecule has 1 aromatic carbocycles. The Morgan fingerprint density at radius 2 is 1.95 bits per heavy atom. The summed E-state index contributed by atoms with van der Waals surface area (Å²) in [6.07, 6.45) is -0.362. The monoisotopic (exact) mass is 279 g/mol. The van der Waals surface area contributed by atoms with Crippen LogP contribution < -0.4 is 5.32 Å². The molecule has 0 aliphatic carbocycles. The van der Waals surface area contributed by atoms with E-state index in [0.717, 1.165) is 11.1 Å². The number of benzene rings is 1. The van der Waals surface area contributed by atoms with Gasteiger partial charge in [-0.2, -0.15) is 0 Å². The third-order valence-electron chi connectivity index (χ3n) is 3.63. The van der Waals surface area contributed by atoms with Crippen LogP contribution in [0.4, 0.5) is 0 Å². The Labute approximate surface area is 116 Å². The third kappa shape index (κ3) is 2.60. The molecule has 1 N–H and O–H groups in total. The van der Waals surface area contributed by atoms with Gasteiger partial charge in [-0.05, 0) is 5.56 Å². The predicted octanol–water partition coefficient (Wildman–Crippen LogP) is 0.870. The molecule has 0 amide bonds. The van der Waals surface area contributed by atoms with Crippen LogP contribution in [0.2, 0.25) is 0 Å². The molecule has 2 heterocycles. The van der Waals surface area contributed by atoms with Crippen LogP contribution in [0.25, 0.3) is 0 Å². The first-order chi connectivity index (χ1) is 9.75. The van der Waals surface area contributed by atoms with Crippen LogP contribution in [0.1, 0.15) is 23.5 Å². The van der Waals surface area contributed by atoms with E-state index in [0.29, 0.717) is 32.8 Å². The van der Waals surface area contributed by atoms with Crippen LogP contribution in [0.5, 0.6) is 0 Å². The van der Waals surface area contributed by atoms with Gasteiger partial charge in [0.1, 0.15) is 0 Å². The van der Waals surface area contributed by atoms with Crippen molar-refractivity contribution in [1.82, 2.24) is 10.3 Å². The molecule has 1 aromatic rings. The van der Waals surface area contributed by atoms with Crippen molar-refractivity contribution in [2.75, 3.05) is 32.8 Å². The smallest absolute Gasteiger partial charge is 0.184 e. The van der Waals surface area contributed by atoms with Crippen molar-refractivity contribution in [3.8, 4) is 0 Å². The highest BCUT2D eigenvalue weighted by molar-refractivity contribution is 5.32. The predicted molar refractivity (Wildman–Crippen MR) is 70.4 cm³/mol. The first-order valence-electron chi connectivity index (χ1n) is 6.70. The molecular formula is C13H17N3O4. The number of nitrogens with zero attached hydrogens (tertiary/aromatic N) is 2. The highest BCUT2D eigenvalue weighted by Crippen LogP contribution is 2.30. The number of rotatable bonds is 3. The lowest BCUT2D eigenvalue weighted by Gasteiger charge is -2.30. The van der Waals surface area contributed by atoms with Gasteiger partial charge in [-0.25, -0.2) is 10.1 Å². The molecule has 7 nitrogen and oxygen atoms in total. The lowest BCUT2D eigenvalue weighted by molar-refractivity contribution is -0.657. The van der Waals surface area contributed by atoms with E-state index in [1.807, 2.05) is 24.3 Å². The summed E-state index contributed by atoms with van der Waals surface area (Å²) in [5.74, 6) is 0. The van der Waals surface area contributed by atoms with Crippen molar-refractivity contribution in [2.24, 2.45) is 0 Å². The van der Waals surface area contributed by atoms with E-state index >= 15 is 0 Å². The van der Waals surface area contributed by atoms with Crippen LogP contribution in [0.3, 0.4) is 0 Å². The maximum Gasteiger partial charge on any atom is 0.184 e. The zero-order chi connectivity index (χ0) is 13.9. The van der Waals surface area contributed by atoms with Crippen molar-refractivity contribution < 1.29 is 14.5 Å². The second-order valence-electron chi connectivity index (χ2n) is 4.86. The first kappa shape index (κ1) is 13.3. The normalized spacial score (nSPS) is 24.0. The molecule has 3 rings (SSSR count). The van der Waals surface area contributed by atoms with Gasteiger partial charge in [0.25, 0.3) is 0 Å². The summed E-state index contributed by atoms with van der Waals surface area (Å²) in [6.45, 7) is 2.52. The van der Waals surface area contributed by atoms with Gasteiger partial charge in [0.05, 0.1) is 32.3 Å². The highest BCUT2D eigenvalue weighted by Gasteiger charge is 2.30. The number of ether oxygens (including phenoxy) is 2. The van der Waals surface area contributed by atoms with E-state index < -0.39 is 0 Å². The molecule has 1 atom stereocenters. The molecule has 20 heavy (non-hydrogen) atoms. The van der Waals surface area contributed by atoms with Gasteiger partial charge >= 0.3 is 0 Å². The second kappa shape index (κ2) is 5.74. The fraction of sp³-hybridized carbons (Fsp3) is 0.538. The number of piperazine rings is 1. The van der Waals surface area contributed by atoms with Crippen LogP contribution in [-0.4, -0.2) is 42.9 Å². The van der Waals surface area contributed by atoms with Gasteiger partial charge in [0.15, 0.2) is 11.3 Å². The summed E-state index contributed by atoms with van der Waals surface area (Å²) in [4.78, 5) is 10.9. The standard InChI is InChI=1S/C13H17N3O4/c17-16(18)15-6-5-14-12(9-15)10-3-1-2-4-11(10)13-19-7-8-20-13/h1-4,12-14H,5-9H2. The zero-order valence-electron chi connectivity index (χ0n) is 11.0. The topological polar surface area (TPSA) is 76.9 Å². The van der Waals surface area contributed by atoms with Gasteiger partial charge in [0, 0.05) is 12.1 Å². The molecule has 1 unspecified atom stereocenters. The fourth-order valence-electron chi connectivity index (χ4n) is 2.67. The number of hydrazine groups is 1. The SMILES string of the molecule is O=[N+]([O-])N1CCNC(c2ccccc2C2OCCO2)C1. The minimum Gasteiger partial charge on any atom is -0.346 e. The van der Waals surface area contributed by atoms with E-state index in [1.165, 1.54) is 5.01 Å². The summed E-state index contributed by atoms with van der Waals surface area (Å²) in [6, 6.07) is 7.70. The average Bonchev–Trinajstić information content (AvgIpc) is 3.01. The Bertz CT molecular complexity index is 490. The molecule has 108 valence electrons. The Morgan fingerprint density at radius 3 is 2.65 bits per heavy atom. The summed E-state index contributed by atoms with van der Waals surface area (Å²) >= 11 is 0. The highest BCUT2D eigenvalue weighted by atomic mass is 16.7. The maximum absolute atomic E-state index is 10.9. The van der Waals surface area contributed by atoms with E-state index in [9.17, 15) is 10.1 Å². The molecule has 2 saturated heterocycles. The fourth-order valence-corrected chi connectivity index (χ4v) is 2.67. The average molecular weight is 279 g/mol. The Hall–Kier alpha value is -1.70. The lowest BCUT2D eigenvalue weighted by atomic mass is 9.98. The number of hydrogen-bond donors (Lipinski definition) is 1. The summed E-state index contributed by atoms with van der Waals surface area (Å²) in [5, 5.41) is 15.2. The largest absolute Gasteiger partial charge is 0.346 e. The molecule has 0 bridgehead atoms. The third-order valence-corrected chi connectivity index (χ3v) is 3.63. The summed E-state index contributed by atoms with van der Waals surface area (Å²) in [5.41, 5.74) is 1.96. The van der Waals surface area contributed by atoms with Crippen LogP contribution in [-0.2, 0) is 9.47 Å². The van der Waals surface area contributed by atoms with Crippen molar-refractivity contribution in [2.45, 2.75) is 12.3 Å². The number of nitro groups is 1. The molecule has 2 fully saturated rings. The quantitative estimate of drug-likeness (QED) is 0.653. The summed E-state index contributed by atoms with van der Waals surface area (Å²) in [7, 11) is 0. The second-order valence-corrected chi connectivity index (χ2v) is 4.86. The van der Waals surface area contributed by atoms with Gasteiger partial charge in [-0.15, -0.1) is 5.01 Å². The first-order valence-corrected chi connectivity index (χ1v) is 6.70. The van der Waals surface area contributed by atoms with Gasteiger partial charge in [-0.3, -0.25) is 0 Å². The van der Waals surface area contributed by atoms with Crippen molar-refractivity contribution in [3.63, 3.8) is 0 Å². The van der Waals surface area contributed by atoms with Gasteiger partial charge < -0.3 is 14.8 Å². The molecule has 0 radical (unpaired) electrons. The van der Waals surface area contributed by atoms with Gasteiger partial charge in [-0.1, -0.05) is 24.3 Å². The molecule has 2 aliphatic heterocycles. The number of nitrogens with one attached hydrogen (secondary N) is 1. The van der Waals surface area contributed by atoms with Crippen molar-refractivity contribution >= 4 is 0 Å². The van der Waals surface area contributed by atoms with Crippen LogP contribution in [0.15, 0.2) is 24.3 Å². The van der Waals surface area contributed by atoms with Crippen molar-refractivity contribution in [1.29, 1.82) is 0 Å². The van der Waals surface area contributed by atoms with E-state index in [2.05, 4.69) is 5.32 Å². The molecule has 0 saturated carbocycles. The van der Waals surface area contributed by atoms with Crippen molar-refractivity contribution in [3.05, 3.63) is 45.5 Å². The lowest BCUT2D eigenvalue weighted by Crippen LogP contribution is -2.48. The van der Waals surface area contributed by atoms with E-state index in [-0.39, 0.29) is 17.4 Å². The zero-order valence-corrected chi connectivity index (χ0v) is 11.0. The minimum absolute atomic E-state index is 0.0850. The molecule has 2 aliphatic rings. The Morgan fingerprint density at radius 1 is 1.25 bits per heavy atom. The Kier molecular flexibility index (Phi) is 3.81. The van der Waals surface area contributed by atoms with E-state index in [1.54, 1.807) is 0 Å². The minimum atomic E-state index is -0.362. The van der Waals surface area contributed by atoms with Gasteiger partial charge in [0.2, 0.25) is 0 Å². The Balaban J connectivity index is 1.83. The summed E-state index contributed by atoms with van der Waals surface area (Å²) < 4.78 is 11.1. The molecule has 7 heteroatoms. The van der Waals surface area contributed by atoms with Crippen LogP contribution in [0, 0.1) is 10.1 Å². The maximum atomic E-state index is 10.9.